The van der Waals surface area contributed by atoms with Gasteiger partial charge < -0.3 is 10.7 Å². The van der Waals surface area contributed by atoms with Crippen molar-refractivity contribution in [3.05, 3.63) is 41.0 Å². The summed E-state index contributed by atoms with van der Waals surface area (Å²) in [5, 5.41) is 2.50. The van der Waals surface area contributed by atoms with Crippen LogP contribution in [-0.2, 0) is 16.4 Å². The highest BCUT2D eigenvalue weighted by Gasteiger charge is 2.18. The van der Waals surface area contributed by atoms with Gasteiger partial charge in [0.05, 0.1) is 11.2 Å². The van der Waals surface area contributed by atoms with E-state index >= 15 is 0 Å². The predicted octanol–water partition coefficient (Wildman–Crippen LogP) is 1.73. The molecule has 3 aromatic rings. The molecule has 0 spiro atoms. The first kappa shape index (κ1) is 14.1. The number of H-pyrrole nitrogens is 1. The predicted molar refractivity (Wildman–Crippen MR) is 83.7 cm³/mol. The lowest BCUT2D eigenvalue weighted by Gasteiger charge is -2.05. The van der Waals surface area contributed by atoms with Gasteiger partial charge in [0.25, 0.3) is 0 Å². The number of nitrogens with two attached hydrogens (primary N) is 1. The van der Waals surface area contributed by atoms with Crippen LogP contribution in [0.1, 0.15) is 5.69 Å². The molecule has 6 nitrogen and oxygen atoms in total. The second kappa shape index (κ2) is 5.47. The van der Waals surface area contributed by atoms with Crippen LogP contribution in [0, 0.1) is 0 Å². The van der Waals surface area contributed by atoms with Crippen LogP contribution in [0.15, 0.2) is 40.2 Å². The molecular weight excluding hydrogens is 308 g/mol. The molecular formula is C13H14N4O2S2. The number of anilines is 1. The number of nitrogens with one attached hydrogen (secondary N) is 2. The van der Waals surface area contributed by atoms with Gasteiger partial charge in [0.1, 0.15) is 4.90 Å². The SMILES string of the molecule is Nc1ccc2[nH]cc(S(=O)(=O)NCCc3cscn3)c2c1. The molecule has 21 heavy (non-hydrogen) atoms. The van der Waals surface area contributed by atoms with Crippen molar-refractivity contribution in [2.75, 3.05) is 12.3 Å². The number of fused-ring (bicyclic) bond motifs is 1. The van der Waals surface area contributed by atoms with Gasteiger partial charge >= 0.3 is 0 Å². The molecule has 0 amide bonds. The number of rotatable bonds is 5. The van der Waals surface area contributed by atoms with E-state index in [4.69, 9.17) is 5.73 Å². The normalized spacial score (nSPS) is 12.0. The Bertz CT molecular complexity index is 854. The molecule has 0 saturated heterocycles. The van der Waals surface area contributed by atoms with Crippen LogP contribution in [0.4, 0.5) is 5.69 Å². The van der Waals surface area contributed by atoms with Gasteiger partial charge in [-0.1, -0.05) is 0 Å². The van der Waals surface area contributed by atoms with E-state index in [0.29, 0.717) is 24.0 Å². The van der Waals surface area contributed by atoms with Gasteiger partial charge in [-0.25, -0.2) is 18.1 Å². The zero-order valence-electron chi connectivity index (χ0n) is 11.0. The molecule has 0 fully saturated rings. The molecule has 0 unspecified atom stereocenters. The lowest BCUT2D eigenvalue weighted by Crippen LogP contribution is -2.25. The molecule has 0 atom stereocenters. The number of aromatic amines is 1. The minimum absolute atomic E-state index is 0.211. The van der Waals surface area contributed by atoms with Crippen molar-refractivity contribution in [3.8, 4) is 0 Å². The van der Waals surface area contributed by atoms with Crippen molar-refractivity contribution in [3.63, 3.8) is 0 Å². The first-order valence-electron chi connectivity index (χ1n) is 6.29. The molecule has 1 aromatic carbocycles. The third-order valence-corrected chi connectivity index (χ3v) is 5.25. The van der Waals surface area contributed by atoms with Crippen molar-refractivity contribution in [1.82, 2.24) is 14.7 Å². The Balaban J connectivity index is 1.81. The van der Waals surface area contributed by atoms with E-state index < -0.39 is 10.0 Å². The van der Waals surface area contributed by atoms with Crippen molar-refractivity contribution in [1.29, 1.82) is 0 Å². The van der Waals surface area contributed by atoms with E-state index in [-0.39, 0.29) is 4.90 Å². The quantitative estimate of drug-likeness (QED) is 0.623. The number of thiazole rings is 1. The maximum atomic E-state index is 12.4. The maximum Gasteiger partial charge on any atom is 0.242 e. The maximum absolute atomic E-state index is 12.4. The number of hydrogen-bond acceptors (Lipinski definition) is 5. The fourth-order valence-electron chi connectivity index (χ4n) is 2.09. The molecule has 0 aliphatic heterocycles. The zero-order valence-corrected chi connectivity index (χ0v) is 12.7. The Morgan fingerprint density at radius 3 is 3.00 bits per heavy atom. The van der Waals surface area contributed by atoms with Crippen LogP contribution >= 0.6 is 11.3 Å². The van der Waals surface area contributed by atoms with Crippen LogP contribution in [0.25, 0.3) is 10.9 Å². The molecule has 0 radical (unpaired) electrons. The molecule has 0 saturated carbocycles. The topological polar surface area (TPSA) is 101 Å². The Morgan fingerprint density at radius 1 is 1.38 bits per heavy atom. The smallest absolute Gasteiger partial charge is 0.242 e. The summed E-state index contributed by atoms with van der Waals surface area (Å²) in [6.07, 6.45) is 2.04. The van der Waals surface area contributed by atoms with Gasteiger partial charge in [-0.3, -0.25) is 0 Å². The van der Waals surface area contributed by atoms with Crippen molar-refractivity contribution < 1.29 is 8.42 Å². The van der Waals surface area contributed by atoms with Crippen LogP contribution < -0.4 is 10.5 Å². The average molecular weight is 322 g/mol. The van der Waals surface area contributed by atoms with Crippen molar-refractivity contribution in [2.45, 2.75) is 11.3 Å². The lowest BCUT2D eigenvalue weighted by atomic mass is 10.2. The van der Waals surface area contributed by atoms with Crippen LogP contribution in [0.2, 0.25) is 0 Å². The average Bonchev–Trinajstić information content (AvgIpc) is 3.07. The van der Waals surface area contributed by atoms with Gasteiger partial charge in [0, 0.05) is 41.1 Å². The van der Waals surface area contributed by atoms with E-state index in [9.17, 15) is 8.42 Å². The number of sulfonamides is 1. The Morgan fingerprint density at radius 2 is 2.24 bits per heavy atom. The second-order valence-electron chi connectivity index (χ2n) is 4.59. The molecule has 2 heterocycles. The molecule has 8 heteroatoms. The number of nitrogens with zero attached hydrogens (tertiary/aromatic N) is 1. The molecule has 0 aliphatic rings. The third-order valence-electron chi connectivity index (χ3n) is 3.11. The second-order valence-corrected chi connectivity index (χ2v) is 7.04. The summed E-state index contributed by atoms with van der Waals surface area (Å²) in [5.74, 6) is 0. The number of nitrogen functional groups attached to an aromatic ring is 1. The van der Waals surface area contributed by atoms with Gasteiger partial charge in [0.2, 0.25) is 10.0 Å². The largest absolute Gasteiger partial charge is 0.399 e. The summed E-state index contributed by atoms with van der Waals surface area (Å²) in [6.45, 7) is 0.307. The summed E-state index contributed by atoms with van der Waals surface area (Å²) < 4.78 is 27.3. The first-order chi connectivity index (χ1) is 10.1. The standard InChI is InChI=1S/C13H14N4O2S2/c14-9-1-2-12-11(5-9)13(6-15-12)21(18,19)17-4-3-10-7-20-8-16-10/h1-2,5-8,15,17H,3-4,14H2. The molecule has 4 N–H and O–H groups in total. The van der Waals surface area contributed by atoms with Crippen LogP contribution in [-0.4, -0.2) is 24.9 Å². The van der Waals surface area contributed by atoms with Gasteiger partial charge in [0.15, 0.2) is 0 Å². The Kier molecular flexibility index (Phi) is 3.66. The van der Waals surface area contributed by atoms with Gasteiger partial charge in [-0.05, 0) is 18.2 Å². The summed E-state index contributed by atoms with van der Waals surface area (Å²) in [4.78, 5) is 7.27. The van der Waals surface area contributed by atoms with E-state index in [1.54, 1.807) is 23.7 Å². The fourth-order valence-corrected chi connectivity index (χ4v) is 3.88. The Labute approximate surface area is 126 Å². The zero-order chi connectivity index (χ0) is 14.9. The summed E-state index contributed by atoms with van der Waals surface area (Å²) in [5.41, 5.74) is 9.60. The third kappa shape index (κ3) is 2.92. The summed E-state index contributed by atoms with van der Waals surface area (Å²) in [7, 11) is -3.57. The fraction of sp³-hybridized carbons (Fsp3) is 0.154. The highest BCUT2D eigenvalue weighted by Crippen LogP contribution is 2.24. The highest BCUT2D eigenvalue weighted by molar-refractivity contribution is 7.89. The monoisotopic (exact) mass is 322 g/mol. The van der Waals surface area contributed by atoms with Crippen LogP contribution in [0.3, 0.4) is 0 Å². The van der Waals surface area contributed by atoms with E-state index in [1.807, 2.05) is 5.38 Å². The molecule has 110 valence electrons. The number of hydrogen-bond donors (Lipinski definition) is 3. The highest BCUT2D eigenvalue weighted by atomic mass is 32.2. The first-order valence-corrected chi connectivity index (χ1v) is 8.72. The summed E-state index contributed by atoms with van der Waals surface area (Å²) >= 11 is 1.49. The van der Waals surface area contributed by atoms with Crippen molar-refractivity contribution >= 4 is 38.0 Å². The van der Waals surface area contributed by atoms with E-state index in [0.717, 1.165) is 11.2 Å². The van der Waals surface area contributed by atoms with Gasteiger partial charge in [-0.15, -0.1) is 11.3 Å². The van der Waals surface area contributed by atoms with Crippen LogP contribution in [0.5, 0.6) is 0 Å². The van der Waals surface area contributed by atoms with E-state index in [1.165, 1.54) is 17.5 Å². The molecule has 0 aliphatic carbocycles. The summed E-state index contributed by atoms with van der Waals surface area (Å²) in [6, 6.07) is 5.14. The minimum atomic E-state index is -3.57. The Hall–Kier alpha value is -1.90. The minimum Gasteiger partial charge on any atom is -0.399 e. The molecule has 0 bridgehead atoms. The number of benzene rings is 1. The van der Waals surface area contributed by atoms with Gasteiger partial charge in [-0.2, -0.15) is 0 Å². The van der Waals surface area contributed by atoms with Crippen molar-refractivity contribution in [2.24, 2.45) is 0 Å². The molecule has 3 rings (SSSR count). The molecule has 2 aromatic heterocycles. The number of aromatic nitrogens is 2. The van der Waals surface area contributed by atoms with E-state index in [2.05, 4.69) is 14.7 Å². The lowest BCUT2D eigenvalue weighted by molar-refractivity contribution is 0.582.